The monoisotopic (exact) mass is 333 g/mol. The maximum Gasteiger partial charge on any atom is 0.0146 e. The fourth-order valence-electron chi connectivity index (χ4n) is 3.50. The van der Waals surface area contributed by atoms with E-state index in [1.165, 1.54) is 33.5 Å². The van der Waals surface area contributed by atoms with Crippen LogP contribution >= 0.6 is 7.92 Å². The van der Waals surface area contributed by atoms with Gasteiger partial charge in [0.1, 0.15) is 0 Å². The van der Waals surface area contributed by atoms with Crippen molar-refractivity contribution in [3.05, 3.63) is 83.5 Å². The molecule has 0 nitrogen and oxygen atoms in total. The summed E-state index contributed by atoms with van der Waals surface area (Å²) in [5.74, 6) is 0. The van der Waals surface area contributed by atoms with E-state index in [9.17, 15) is 0 Å². The third-order valence-electron chi connectivity index (χ3n) is 5.39. The lowest BCUT2D eigenvalue weighted by Gasteiger charge is -2.28. The first-order valence-corrected chi connectivity index (χ1v) is 10.2. The third kappa shape index (κ3) is 3.40. The maximum atomic E-state index is 3.74. The molecule has 3 rings (SSSR count). The van der Waals surface area contributed by atoms with E-state index >= 15 is 0 Å². The standard InChI is InChI=1S/C23H26P/c1-18-17-23(4,20(3)19(18)2)15-16-24(21-11-7-5-8-12-21)22-13-9-6-10-14-22/h5-14H,15-16H2,1-4H3. The molecule has 0 saturated heterocycles. The van der Waals surface area contributed by atoms with Crippen LogP contribution in [0.1, 0.15) is 34.1 Å². The molecule has 1 aliphatic carbocycles. The molecule has 0 amide bonds. The molecule has 2 aromatic rings. The summed E-state index contributed by atoms with van der Waals surface area (Å²) in [7, 11) is -0.318. The van der Waals surface area contributed by atoms with Gasteiger partial charge in [0.05, 0.1) is 0 Å². The van der Waals surface area contributed by atoms with Crippen LogP contribution in [0.4, 0.5) is 0 Å². The lowest BCUT2D eigenvalue weighted by molar-refractivity contribution is 0.488. The minimum atomic E-state index is -0.318. The van der Waals surface area contributed by atoms with E-state index < -0.39 is 0 Å². The number of rotatable bonds is 5. The Hall–Kier alpha value is -1.65. The van der Waals surface area contributed by atoms with Crippen molar-refractivity contribution in [3.63, 3.8) is 0 Å². The van der Waals surface area contributed by atoms with Gasteiger partial charge in [-0.1, -0.05) is 73.2 Å². The van der Waals surface area contributed by atoms with E-state index in [1.807, 2.05) is 0 Å². The minimum absolute atomic E-state index is 0.0955. The highest BCUT2D eigenvalue weighted by atomic mass is 31.1. The van der Waals surface area contributed by atoms with Crippen molar-refractivity contribution in [2.45, 2.75) is 34.1 Å². The molecule has 1 unspecified atom stereocenters. The molecule has 1 atom stereocenters. The summed E-state index contributed by atoms with van der Waals surface area (Å²) in [5, 5.41) is 2.94. The Morgan fingerprint density at radius 2 is 1.33 bits per heavy atom. The average molecular weight is 333 g/mol. The Balaban J connectivity index is 1.87. The van der Waals surface area contributed by atoms with Gasteiger partial charge in [-0.25, -0.2) is 0 Å². The highest BCUT2D eigenvalue weighted by molar-refractivity contribution is 7.73. The maximum absolute atomic E-state index is 3.74. The van der Waals surface area contributed by atoms with Crippen LogP contribution in [0.3, 0.4) is 0 Å². The van der Waals surface area contributed by atoms with E-state index in [-0.39, 0.29) is 13.3 Å². The van der Waals surface area contributed by atoms with E-state index in [0.29, 0.717) is 0 Å². The van der Waals surface area contributed by atoms with Crippen LogP contribution in [-0.2, 0) is 0 Å². The Bertz CT molecular complexity index is 716. The van der Waals surface area contributed by atoms with Crippen LogP contribution in [0.25, 0.3) is 0 Å². The normalized spacial score (nSPS) is 20.6. The Kier molecular flexibility index (Phi) is 5.07. The van der Waals surface area contributed by atoms with Gasteiger partial charge in [-0.05, 0) is 69.1 Å². The molecule has 123 valence electrons. The molecule has 0 N–H and O–H groups in total. The largest absolute Gasteiger partial charge is 0.0622 e. The first kappa shape index (κ1) is 17.2. The number of allylic oxidation sites excluding steroid dienone is 4. The first-order chi connectivity index (χ1) is 11.5. The van der Waals surface area contributed by atoms with Crippen LogP contribution < -0.4 is 10.6 Å². The molecule has 0 heterocycles. The summed E-state index contributed by atoms with van der Waals surface area (Å²) in [4.78, 5) is 0. The van der Waals surface area contributed by atoms with Gasteiger partial charge in [0.15, 0.2) is 0 Å². The van der Waals surface area contributed by atoms with Gasteiger partial charge in [-0.3, -0.25) is 0 Å². The Labute approximate surface area is 148 Å². The fourth-order valence-corrected chi connectivity index (χ4v) is 6.05. The minimum Gasteiger partial charge on any atom is -0.0622 e. The second kappa shape index (κ2) is 7.08. The van der Waals surface area contributed by atoms with Crippen LogP contribution in [0.2, 0.25) is 0 Å². The second-order valence-corrected chi connectivity index (χ2v) is 9.24. The molecule has 24 heavy (non-hydrogen) atoms. The zero-order chi connectivity index (χ0) is 17.2. The van der Waals surface area contributed by atoms with Crippen molar-refractivity contribution in [2.75, 3.05) is 6.16 Å². The van der Waals surface area contributed by atoms with E-state index in [0.717, 1.165) is 6.42 Å². The third-order valence-corrected chi connectivity index (χ3v) is 7.90. The van der Waals surface area contributed by atoms with Gasteiger partial charge in [0, 0.05) is 5.41 Å². The Morgan fingerprint density at radius 3 is 1.75 bits per heavy atom. The van der Waals surface area contributed by atoms with Gasteiger partial charge < -0.3 is 0 Å². The van der Waals surface area contributed by atoms with Crippen molar-refractivity contribution in [1.82, 2.24) is 0 Å². The number of hydrogen-bond donors (Lipinski definition) is 0. The number of hydrogen-bond acceptors (Lipinski definition) is 0. The van der Waals surface area contributed by atoms with E-state index in [4.69, 9.17) is 0 Å². The lowest BCUT2D eigenvalue weighted by Crippen LogP contribution is -2.20. The van der Waals surface area contributed by atoms with Gasteiger partial charge in [0.25, 0.3) is 0 Å². The summed E-state index contributed by atoms with van der Waals surface area (Å²) in [5.41, 5.74) is 4.36. The smallest absolute Gasteiger partial charge is 0.0146 e. The van der Waals surface area contributed by atoms with Gasteiger partial charge in [-0.15, -0.1) is 0 Å². The topological polar surface area (TPSA) is 0 Å². The quantitative estimate of drug-likeness (QED) is 0.623. The molecular formula is C23H26P. The van der Waals surface area contributed by atoms with Crippen LogP contribution in [0.5, 0.6) is 0 Å². The SMILES string of the molecule is CC1=[C]C(C)(CCP(c2ccccc2)c2ccccc2)C(C)=C1C. The fraction of sp³-hybridized carbons (Fsp3) is 0.304. The van der Waals surface area contributed by atoms with Crippen molar-refractivity contribution >= 4 is 18.5 Å². The van der Waals surface area contributed by atoms with Crippen LogP contribution in [-0.4, -0.2) is 6.16 Å². The summed E-state index contributed by atoms with van der Waals surface area (Å²) in [6.07, 6.45) is 6.10. The molecule has 1 aliphatic rings. The van der Waals surface area contributed by atoms with Crippen molar-refractivity contribution in [1.29, 1.82) is 0 Å². The zero-order valence-corrected chi connectivity index (χ0v) is 16.0. The highest BCUT2D eigenvalue weighted by Gasteiger charge is 2.32. The predicted octanol–water partition coefficient (Wildman–Crippen LogP) is 5.62. The van der Waals surface area contributed by atoms with E-state index in [2.05, 4.69) is 94.4 Å². The summed E-state index contributed by atoms with van der Waals surface area (Å²) in [6, 6.07) is 22.0. The second-order valence-electron chi connectivity index (χ2n) is 6.90. The molecule has 2 aromatic carbocycles. The van der Waals surface area contributed by atoms with Crippen LogP contribution in [0.15, 0.2) is 77.4 Å². The summed E-state index contributed by atoms with van der Waals surface area (Å²) < 4.78 is 0. The average Bonchev–Trinajstić information content (AvgIpc) is 2.80. The first-order valence-electron chi connectivity index (χ1n) is 8.69. The zero-order valence-electron chi connectivity index (χ0n) is 15.1. The molecule has 0 bridgehead atoms. The van der Waals surface area contributed by atoms with Gasteiger partial charge >= 0.3 is 0 Å². The molecule has 0 fully saturated rings. The number of benzene rings is 2. The highest BCUT2D eigenvalue weighted by Crippen LogP contribution is 2.46. The molecule has 0 aliphatic heterocycles. The molecule has 0 spiro atoms. The van der Waals surface area contributed by atoms with Crippen molar-refractivity contribution in [3.8, 4) is 0 Å². The molecule has 1 radical (unpaired) electrons. The summed E-state index contributed by atoms with van der Waals surface area (Å²) in [6.45, 7) is 9.07. The molecular weight excluding hydrogens is 307 g/mol. The van der Waals surface area contributed by atoms with Gasteiger partial charge in [0.2, 0.25) is 0 Å². The molecule has 0 aromatic heterocycles. The van der Waals surface area contributed by atoms with Crippen molar-refractivity contribution in [2.24, 2.45) is 5.41 Å². The molecule has 0 saturated carbocycles. The lowest BCUT2D eigenvalue weighted by atomic mass is 9.82. The molecule has 1 heteroatoms. The van der Waals surface area contributed by atoms with Crippen molar-refractivity contribution < 1.29 is 0 Å². The Morgan fingerprint density at radius 1 is 0.833 bits per heavy atom. The van der Waals surface area contributed by atoms with Crippen LogP contribution in [0, 0.1) is 11.5 Å². The van der Waals surface area contributed by atoms with E-state index in [1.54, 1.807) is 0 Å². The summed E-state index contributed by atoms with van der Waals surface area (Å²) >= 11 is 0. The predicted molar refractivity (Wildman–Crippen MR) is 107 cm³/mol. The van der Waals surface area contributed by atoms with Gasteiger partial charge in [-0.2, -0.15) is 0 Å².